The van der Waals surface area contributed by atoms with E-state index >= 15 is 0 Å². The van der Waals surface area contributed by atoms with E-state index in [1.54, 1.807) is 24.3 Å². The van der Waals surface area contributed by atoms with E-state index in [0.29, 0.717) is 16.4 Å². The van der Waals surface area contributed by atoms with Crippen molar-refractivity contribution < 1.29 is 14.4 Å². The highest BCUT2D eigenvalue weighted by Crippen LogP contribution is 2.32. The van der Waals surface area contributed by atoms with E-state index in [0.717, 1.165) is 23.7 Å². The lowest BCUT2D eigenvalue weighted by Crippen LogP contribution is -2.42. The number of carbonyl (C=O) groups excluding carboxylic acids is 3. The number of amides is 3. The molecule has 1 heterocycles. The first-order valence-corrected chi connectivity index (χ1v) is 10.8. The minimum absolute atomic E-state index is 0.0704. The zero-order valence-electron chi connectivity index (χ0n) is 15.5. The van der Waals surface area contributed by atoms with E-state index in [2.05, 4.69) is 39.0 Å². The van der Waals surface area contributed by atoms with Crippen molar-refractivity contribution in [3.8, 4) is 0 Å². The van der Waals surface area contributed by atoms with Crippen LogP contribution in [-0.2, 0) is 17.6 Å². The largest absolute Gasteiger partial charge is 0.352 e. The fourth-order valence-electron chi connectivity index (χ4n) is 3.06. The number of hydrazine groups is 1. The lowest BCUT2D eigenvalue weighted by molar-refractivity contribution is -0.121. The molecule has 0 bridgehead atoms. The molecule has 1 atom stereocenters. The first-order chi connectivity index (χ1) is 13.4. The van der Waals surface area contributed by atoms with Gasteiger partial charge in [0, 0.05) is 27.9 Å². The topological polar surface area (TPSA) is 87.3 Å². The van der Waals surface area contributed by atoms with Gasteiger partial charge in [-0.05, 0) is 61.1 Å². The van der Waals surface area contributed by atoms with E-state index in [-0.39, 0.29) is 30.7 Å². The number of nitrogens with one attached hydrogen (secondary N) is 3. The Morgan fingerprint density at radius 1 is 1.14 bits per heavy atom. The summed E-state index contributed by atoms with van der Waals surface area (Å²) in [5, 5.41) is 2.68. The number of benzene rings is 1. The fraction of sp³-hybridized carbons (Fsp3) is 0.350. The maximum Gasteiger partial charge on any atom is 0.279 e. The molecular weight excluding hydrogens is 442 g/mol. The highest BCUT2D eigenvalue weighted by molar-refractivity contribution is 9.10. The lowest BCUT2D eigenvalue weighted by atomic mass is 9.90. The number of hydrogen-bond donors (Lipinski definition) is 3. The fourth-order valence-corrected chi connectivity index (χ4v) is 4.43. The zero-order valence-corrected chi connectivity index (χ0v) is 17.9. The van der Waals surface area contributed by atoms with Crippen LogP contribution in [0.2, 0.25) is 0 Å². The normalized spacial score (nSPS) is 15.4. The Kier molecular flexibility index (Phi) is 6.85. The van der Waals surface area contributed by atoms with Gasteiger partial charge in [0.25, 0.3) is 11.8 Å². The van der Waals surface area contributed by atoms with Crippen molar-refractivity contribution in [2.24, 2.45) is 5.92 Å². The summed E-state index contributed by atoms with van der Waals surface area (Å²) in [6.45, 7) is 2.40. The summed E-state index contributed by atoms with van der Waals surface area (Å²) >= 11 is 4.81. The lowest BCUT2D eigenvalue weighted by Gasteiger charge is -2.16. The van der Waals surface area contributed by atoms with Crippen molar-refractivity contribution in [2.75, 3.05) is 6.54 Å². The second-order valence-corrected chi connectivity index (χ2v) is 8.97. The minimum Gasteiger partial charge on any atom is -0.352 e. The Bertz CT molecular complexity index is 879. The van der Waals surface area contributed by atoms with Crippen molar-refractivity contribution in [3.63, 3.8) is 0 Å². The van der Waals surface area contributed by atoms with Gasteiger partial charge in [0.2, 0.25) is 5.91 Å². The van der Waals surface area contributed by atoms with Gasteiger partial charge in [-0.3, -0.25) is 25.2 Å². The monoisotopic (exact) mass is 463 g/mol. The Hall–Kier alpha value is -2.19. The first-order valence-electron chi connectivity index (χ1n) is 9.17. The molecule has 1 aromatic heterocycles. The minimum atomic E-state index is -0.362. The number of halogens is 1. The van der Waals surface area contributed by atoms with Crippen LogP contribution >= 0.6 is 27.3 Å². The number of thiophene rings is 1. The third-order valence-corrected chi connectivity index (χ3v) is 6.38. The van der Waals surface area contributed by atoms with Gasteiger partial charge >= 0.3 is 0 Å². The van der Waals surface area contributed by atoms with Gasteiger partial charge in [-0.25, -0.2) is 0 Å². The zero-order chi connectivity index (χ0) is 20.1. The van der Waals surface area contributed by atoms with Crippen molar-refractivity contribution >= 4 is 45.0 Å². The van der Waals surface area contributed by atoms with E-state index in [1.807, 2.05) is 6.07 Å². The molecule has 2 aromatic rings. The summed E-state index contributed by atoms with van der Waals surface area (Å²) < 4.78 is 0.889. The summed E-state index contributed by atoms with van der Waals surface area (Å²) in [6, 6.07) is 8.87. The van der Waals surface area contributed by atoms with Gasteiger partial charge in [-0.15, -0.1) is 11.3 Å². The summed E-state index contributed by atoms with van der Waals surface area (Å²) in [5.41, 5.74) is 6.62. The number of aryl methyl sites for hydroxylation is 1. The van der Waals surface area contributed by atoms with Gasteiger partial charge in [0.15, 0.2) is 0 Å². The molecule has 0 radical (unpaired) electrons. The third kappa shape index (κ3) is 5.42. The molecule has 1 aromatic carbocycles. The molecule has 3 N–H and O–H groups in total. The summed E-state index contributed by atoms with van der Waals surface area (Å²) in [6.07, 6.45) is 3.24. The number of rotatable bonds is 5. The average molecular weight is 464 g/mol. The van der Waals surface area contributed by atoms with Crippen LogP contribution in [0.1, 0.15) is 50.2 Å². The molecule has 0 saturated carbocycles. The molecule has 148 valence electrons. The predicted octanol–water partition coefficient (Wildman–Crippen LogP) is 3.22. The quantitative estimate of drug-likeness (QED) is 0.594. The van der Waals surface area contributed by atoms with Gasteiger partial charge in [-0.2, -0.15) is 0 Å². The molecule has 0 spiro atoms. The van der Waals surface area contributed by atoms with Gasteiger partial charge in [0.1, 0.15) is 0 Å². The van der Waals surface area contributed by atoms with Crippen molar-refractivity contribution in [3.05, 3.63) is 55.7 Å². The molecule has 28 heavy (non-hydrogen) atoms. The predicted molar refractivity (Wildman–Crippen MR) is 112 cm³/mol. The maximum atomic E-state index is 12.3. The van der Waals surface area contributed by atoms with Crippen LogP contribution < -0.4 is 16.2 Å². The van der Waals surface area contributed by atoms with Crippen LogP contribution in [0.3, 0.4) is 0 Å². The number of hydrogen-bond acceptors (Lipinski definition) is 4. The van der Waals surface area contributed by atoms with Crippen LogP contribution in [0.25, 0.3) is 0 Å². The first kappa shape index (κ1) is 20.5. The van der Waals surface area contributed by atoms with Crippen LogP contribution in [0.4, 0.5) is 0 Å². The van der Waals surface area contributed by atoms with E-state index in [1.165, 1.54) is 21.8 Å². The molecule has 8 heteroatoms. The molecule has 6 nitrogen and oxygen atoms in total. The standard InChI is InChI=1S/C20H22BrN3O3S/c1-12-2-7-16-14(10-12)11-17(28-16)20(27)24-23-18(25)8-9-22-19(26)13-3-5-15(21)6-4-13/h3-6,11-12H,2,7-10H2,1H3,(H,22,26)(H,23,25)(H,24,27). The van der Waals surface area contributed by atoms with E-state index < -0.39 is 0 Å². The van der Waals surface area contributed by atoms with Crippen LogP contribution in [0, 0.1) is 5.92 Å². The SMILES string of the molecule is CC1CCc2sc(C(=O)NNC(=O)CCNC(=O)c3ccc(Br)cc3)cc2C1. The Morgan fingerprint density at radius 2 is 1.89 bits per heavy atom. The van der Waals surface area contributed by atoms with Gasteiger partial charge in [-0.1, -0.05) is 22.9 Å². The highest BCUT2D eigenvalue weighted by Gasteiger charge is 2.20. The molecule has 1 aliphatic carbocycles. The summed E-state index contributed by atoms with van der Waals surface area (Å²) in [4.78, 5) is 38.0. The highest BCUT2D eigenvalue weighted by atomic mass is 79.9. The molecule has 3 rings (SSSR count). The summed E-state index contributed by atoms with van der Waals surface area (Å²) in [5.74, 6) is -0.272. The van der Waals surface area contributed by atoms with Crippen LogP contribution in [0.5, 0.6) is 0 Å². The molecule has 0 saturated heterocycles. The smallest absolute Gasteiger partial charge is 0.279 e. The van der Waals surface area contributed by atoms with Gasteiger partial charge in [0.05, 0.1) is 4.88 Å². The molecular formula is C20H22BrN3O3S. The molecule has 1 unspecified atom stereocenters. The van der Waals surface area contributed by atoms with Crippen molar-refractivity contribution in [1.82, 2.24) is 16.2 Å². The van der Waals surface area contributed by atoms with Crippen molar-refractivity contribution in [2.45, 2.75) is 32.6 Å². The van der Waals surface area contributed by atoms with Gasteiger partial charge < -0.3 is 5.32 Å². The van der Waals surface area contributed by atoms with Crippen LogP contribution in [0.15, 0.2) is 34.8 Å². The molecule has 0 aliphatic heterocycles. The molecule has 0 fully saturated rings. The second kappa shape index (κ2) is 9.34. The molecule has 1 aliphatic rings. The number of carbonyl (C=O) groups is 3. The van der Waals surface area contributed by atoms with Crippen molar-refractivity contribution in [1.29, 1.82) is 0 Å². The van der Waals surface area contributed by atoms with E-state index in [4.69, 9.17) is 0 Å². The Balaban J connectivity index is 1.40. The summed E-state index contributed by atoms with van der Waals surface area (Å²) in [7, 11) is 0. The second-order valence-electron chi connectivity index (χ2n) is 6.92. The average Bonchev–Trinajstić information content (AvgIpc) is 3.09. The van der Waals surface area contributed by atoms with Crippen LogP contribution in [-0.4, -0.2) is 24.3 Å². The molecule has 3 amide bonds. The maximum absolute atomic E-state index is 12.3. The van der Waals surface area contributed by atoms with E-state index in [9.17, 15) is 14.4 Å². The third-order valence-electron chi connectivity index (χ3n) is 4.61. The number of fused-ring (bicyclic) bond motifs is 1. The Labute approximate surface area is 176 Å². The Morgan fingerprint density at radius 3 is 2.64 bits per heavy atom.